The molecule has 0 heterocycles. The summed E-state index contributed by atoms with van der Waals surface area (Å²) < 4.78 is 5.27. The summed E-state index contributed by atoms with van der Waals surface area (Å²) in [6.45, 7) is 3.81. The van der Waals surface area contributed by atoms with Gasteiger partial charge in [0.15, 0.2) is 0 Å². The van der Waals surface area contributed by atoms with Crippen LogP contribution < -0.4 is 10.1 Å². The first-order chi connectivity index (χ1) is 17.0. The van der Waals surface area contributed by atoms with Crippen LogP contribution in [0.25, 0.3) is 10.8 Å². The molecule has 0 fully saturated rings. The molecular weight excluding hydrogens is 456 g/mol. The molecule has 4 rings (SSSR count). The van der Waals surface area contributed by atoms with Crippen molar-refractivity contribution < 1.29 is 9.53 Å². The number of ether oxygens (including phenoxy) is 1. The van der Waals surface area contributed by atoms with Crippen molar-refractivity contribution in [3.63, 3.8) is 0 Å². The monoisotopic (exact) mass is 486 g/mol. The lowest BCUT2D eigenvalue weighted by atomic mass is 9.99. The first-order valence-corrected chi connectivity index (χ1v) is 12.3. The van der Waals surface area contributed by atoms with Crippen LogP contribution in [0.3, 0.4) is 0 Å². The summed E-state index contributed by atoms with van der Waals surface area (Å²) in [6, 6.07) is 30.4. The molecule has 0 bridgehead atoms. The van der Waals surface area contributed by atoms with Gasteiger partial charge in [-0.05, 0) is 58.7 Å². The van der Waals surface area contributed by atoms with Crippen LogP contribution in [0.2, 0.25) is 5.02 Å². The van der Waals surface area contributed by atoms with E-state index in [4.69, 9.17) is 16.3 Å². The Morgan fingerprint density at radius 1 is 0.886 bits per heavy atom. The number of nitrogens with zero attached hydrogens (tertiary/aromatic N) is 1. The van der Waals surface area contributed by atoms with Crippen LogP contribution in [-0.4, -0.2) is 24.5 Å². The Labute approximate surface area is 212 Å². The fraction of sp³-hybridized carbons (Fsp3) is 0.233. The lowest BCUT2D eigenvalue weighted by molar-refractivity contribution is -0.132. The van der Waals surface area contributed by atoms with E-state index in [1.165, 1.54) is 16.3 Å². The van der Waals surface area contributed by atoms with E-state index in [0.717, 1.165) is 16.9 Å². The Balaban J connectivity index is 1.42. The number of carbonyl (C=O) groups excluding carboxylic acids is 1. The summed E-state index contributed by atoms with van der Waals surface area (Å²) >= 11 is 6.05. The third-order valence-electron chi connectivity index (χ3n) is 6.25. The number of hydrogen-bond acceptors (Lipinski definition) is 3. The van der Waals surface area contributed by atoms with Gasteiger partial charge in [-0.1, -0.05) is 78.3 Å². The van der Waals surface area contributed by atoms with E-state index in [1.54, 1.807) is 7.11 Å². The number of halogens is 1. The van der Waals surface area contributed by atoms with Crippen molar-refractivity contribution in [3.8, 4) is 5.75 Å². The van der Waals surface area contributed by atoms with Gasteiger partial charge in [0.1, 0.15) is 5.75 Å². The number of rotatable bonds is 10. The van der Waals surface area contributed by atoms with E-state index >= 15 is 0 Å². The second-order valence-corrected chi connectivity index (χ2v) is 9.15. The molecule has 35 heavy (non-hydrogen) atoms. The van der Waals surface area contributed by atoms with Crippen molar-refractivity contribution in [1.29, 1.82) is 0 Å². The minimum atomic E-state index is 0.105. The minimum absolute atomic E-state index is 0.105. The SMILES string of the molecule is COc1ccc(CN(Cc2ccc(Cl)cc2)C(=O)CCNC(C)c2cccc3ccccc23)cc1. The number of benzene rings is 4. The summed E-state index contributed by atoms with van der Waals surface area (Å²) in [5, 5.41) is 6.70. The number of carbonyl (C=O) groups is 1. The van der Waals surface area contributed by atoms with E-state index in [0.29, 0.717) is 31.1 Å². The third kappa shape index (κ3) is 6.62. The number of hydrogen-bond donors (Lipinski definition) is 1. The Morgan fingerprint density at radius 2 is 1.51 bits per heavy atom. The van der Waals surface area contributed by atoms with Crippen molar-refractivity contribution in [2.45, 2.75) is 32.5 Å². The highest BCUT2D eigenvalue weighted by atomic mass is 35.5. The molecule has 4 nitrogen and oxygen atoms in total. The molecule has 4 aromatic rings. The van der Waals surface area contributed by atoms with Gasteiger partial charge in [0.25, 0.3) is 0 Å². The van der Waals surface area contributed by atoms with Crippen LogP contribution in [0.15, 0.2) is 91.0 Å². The van der Waals surface area contributed by atoms with Crippen LogP contribution in [0.5, 0.6) is 5.75 Å². The molecule has 0 aliphatic heterocycles. The quantitative estimate of drug-likeness (QED) is 0.269. The molecule has 1 unspecified atom stereocenters. The van der Waals surface area contributed by atoms with Gasteiger partial charge in [0.2, 0.25) is 5.91 Å². The van der Waals surface area contributed by atoms with Gasteiger partial charge in [0.05, 0.1) is 7.11 Å². The third-order valence-corrected chi connectivity index (χ3v) is 6.50. The number of nitrogens with one attached hydrogen (secondary N) is 1. The molecular formula is C30H31ClN2O2. The summed E-state index contributed by atoms with van der Waals surface area (Å²) in [5.41, 5.74) is 3.35. The topological polar surface area (TPSA) is 41.6 Å². The highest BCUT2D eigenvalue weighted by molar-refractivity contribution is 6.30. The molecule has 0 radical (unpaired) electrons. The normalized spacial score (nSPS) is 11.9. The largest absolute Gasteiger partial charge is 0.497 e. The molecule has 1 N–H and O–H groups in total. The van der Waals surface area contributed by atoms with Crippen molar-refractivity contribution in [2.24, 2.45) is 0 Å². The average Bonchev–Trinajstić information content (AvgIpc) is 2.89. The van der Waals surface area contributed by atoms with Crippen LogP contribution in [0.4, 0.5) is 0 Å². The van der Waals surface area contributed by atoms with E-state index in [-0.39, 0.29) is 11.9 Å². The van der Waals surface area contributed by atoms with Crippen molar-refractivity contribution in [3.05, 3.63) is 113 Å². The van der Waals surface area contributed by atoms with E-state index in [2.05, 4.69) is 54.7 Å². The second-order valence-electron chi connectivity index (χ2n) is 8.72. The number of methoxy groups -OCH3 is 1. The number of amides is 1. The Hall–Kier alpha value is -3.34. The van der Waals surface area contributed by atoms with Gasteiger partial charge in [-0.15, -0.1) is 0 Å². The van der Waals surface area contributed by atoms with Crippen molar-refractivity contribution in [1.82, 2.24) is 10.2 Å². The van der Waals surface area contributed by atoms with E-state index in [9.17, 15) is 4.79 Å². The first kappa shape index (κ1) is 24.8. The van der Waals surface area contributed by atoms with E-state index in [1.807, 2.05) is 53.4 Å². The molecule has 0 saturated carbocycles. The Morgan fingerprint density at radius 3 is 2.20 bits per heavy atom. The standard InChI is InChI=1S/C30H31ClN2O2/c1-22(28-9-5-7-25-6-3-4-8-29(25)28)32-19-18-30(34)33(20-23-10-14-26(31)15-11-23)21-24-12-16-27(35-2)17-13-24/h3-17,22,32H,18-21H2,1-2H3. The van der Waals surface area contributed by atoms with Gasteiger partial charge in [-0.2, -0.15) is 0 Å². The van der Waals surface area contributed by atoms with Crippen LogP contribution in [0.1, 0.15) is 36.1 Å². The van der Waals surface area contributed by atoms with Gasteiger partial charge in [0, 0.05) is 37.1 Å². The summed E-state index contributed by atoms with van der Waals surface area (Å²) in [7, 11) is 1.65. The molecule has 0 spiro atoms. The van der Waals surface area contributed by atoms with Gasteiger partial charge in [-0.3, -0.25) is 4.79 Å². The summed E-state index contributed by atoms with van der Waals surface area (Å²) in [4.78, 5) is 15.2. The molecule has 4 aromatic carbocycles. The highest BCUT2D eigenvalue weighted by Crippen LogP contribution is 2.24. The molecule has 1 atom stereocenters. The molecule has 0 aliphatic carbocycles. The smallest absolute Gasteiger partial charge is 0.224 e. The Bertz CT molecular complexity index is 1250. The predicted molar refractivity (Wildman–Crippen MR) is 144 cm³/mol. The first-order valence-electron chi connectivity index (χ1n) is 11.9. The summed E-state index contributed by atoms with van der Waals surface area (Å²) in [6.07, 6.45) is 0.416. The van der Waals surface area contributed by atoms with Crippen LogP contribution in [-0.2, 0) is 17.9 Å². The minimum Gasteiger partial charge on any atom is -0.497 e. The maximum absolute atomic E-state index is 13.3. The number of fused-ring (bicyclic) bond motifs is 1. The van der Waals surface area contributed by atoms with E-state index < -0.39 is 0 Å². The Kier molecular flexibility index (Phi) is 8.40. The predicted octanol–water partition coefficient (Wildman–Crippen LogP) is 6.77. The zero-order chi connectivity index (χ0) is 24.6. The fourth-order valence-corrected chi connectivity index (χ4v) is 4.41. The van der Waals surface area contributed by atoms with Gasteiger partial charge >= 0.3 is 0 Å². The second kappa shape index (κ2) is 11.9. The maximum atomic E-state index is 13.3. The maximum Gasteiger partial charge on any atom is 0.224 e. The zero-order valence-electron chi connectivity index (χ0n) is 20.2. The van der Waals surface area contributed by atoms with Crippen molar-refractivity contribution >= 4 is 28.3 Å². The molecule has 1 amide bonds. The molecule has 0 aromatic heterocycles. The van der Waals surface area contributed by atoms with Gasteiger partial charge in [-0.25, -0.2) is 0 Å². The lowest BCUT2D eigenvalue weighted by Crippen LogP contribution is -2.33. The fourth-order valence-electron chi connectivity index (χ4n) is 4.29. The lowest BCUT2D eigenvalue weighted by Gasteiger charge is -2.24. The highest BCUT2D eigenvalue weighted by Gasteiger charge is 2.16. The molecule has 180 valence electrons. The van der Waals surface area contributed by atoms with Crippen LogP contribution >= 0.6 is 11.6 Å². The zero-order valence-corrected chi connectivity index (χ0v) is 21.0. The molecule has 0 saturated heterocycles. The molecule has 5 heteroatoms. The van der Waals surface area contributed by atoms with Gasteiger partial charge < -0.3 is 15.0 Å². The van der Waals surface area contributed by atoms with Crippen LogP contribution in [0, 0.1) is 0 Å². The van der Waals surface area contributed by atoms with Crippen molar-refractivity contribution in [2.75, 3.05) is 13.7 Å². The average molecular weight is 487 g/mol. The summed E-state index contributed by atoms with van der Waals surface area (Å²) in [5.74, 6) is 0.907. The molecule has 0 aliphatic rings.